The summed E-state index contributed by atoms with van der Waals surface area (Å²) in [6, 6.07) is 2.12. The third-order valence-electron chi connectivity index (χ3n) is 9.18. The van der Waals surface area contributed by atoms with Crippen LogP contribution in [-0.2, 0) is 22.7 Å². The summed E-state index contributed by atoms with van der Waals surface area (Å²) in [5.74, 6) is 0.0975. The van der Waals surface area contributed by atoms with Gasteiger partial charge in [0.25, 0.3) is 0 Å². The molecule has 3 N–H and O–H groups in total. The smallest absolute Gasteiger partial charge is 0.211 e. The number of amidine groups is 1. The van der Waals surface area contributed by atoms with Crippen molar-refractivity contribution >= 4 is 23.1 Å². The van der Waals surface area contributed by atoms with E-state index in [2.05, 4.69) is 24.9 Å². The molecule has 0 bridgehead atoms. The Kier molecular flexibility index (Phi) is 10.6. The van der Waals surface area contributed by atoms with Crippen LogP contribution in [0.15, 0.2) is 28.6 Å². The zero-order valence-corrected chi connectivity index (χ0v) is 28.0. The standard InChI is InChI=1S/C36H47F2N5O2/c1-9-13-14-27(45-20-36(12-4)15-16-36)41-35(43(7)8)29-22(6)32(38)30(25-19-44-18-24(25)29)28(21(5)10-2)31-23(17-39)34(40)42-33(31)26(37)11-3/h11,14,42H,9-10,12-13,15-16,18-20,40H2,1-8H3/b26-11+,27-14-,28-21+,41-35+. The molecule has 4 rings (SSSR count). The molecule has 0 spiro atoms. The molecule has 0 radical (unpaired) electrons. The van der Waals surface area contributed by atoms with Crippen LogP contribution in [0.1, 0.15) is 118 Å². The van der Waals surface area contributed by atoms with E-state index in [0.717, 1.165) is 43.2 Å². The van der Waals surface area contributed by atoms with Gasteiger partial charge in [-0.3, -0.25) is 0 Å². The van der Waals surface area contributed by atoms with Crippen molar-refractivity contribution in [1.29, 1.82) is 5.26 Å². The summed E-state index contributed by atoms with van der Waals surface area (Å²) in [7, 11) is 3.78. The number of H-pyrrole nitrogens is 1. The fraction of sp³-hybridized carbons (Fsp3) is 0.500. The lowest BCUT2D eigenvalue weighted by molar-refractivity contribution is 0.134. The molecule has 242 valence electrons. The molecule has 1 saturated carbocycles. The van der Waals surface area contributed by atoms with Crippen molar-refractivity contribution in [2.45, 2.75) is 93.3 Å². The Hall–Kier alpha value is -3.90. The third kappa shape index (κ3) is 6.57. The van der Waals surface area contributed by atoms with E-state index in [0.29, 0.717) is 52.6 Å². The zero-order chi connectivity index (χ0) is 33.1. The second-order valence-electron chi connectivity index (χ2n) is 12.4. The molecule has 0 atom stereocenters. The Balaban J connectivity index is 1.99. The van der Waals surface area contributed by atoms with Crippen LogP contribution in [0.2, 0.25) is 0 Å². The van der Waals surface area contributed by atoms with Crippen molar-refractivity contribution in [1.82, 2.24) is 9.88 Å². The highest BCUT2D eigenvalue weighted by Crippen LogP contribution is 2.49. The fourth-order valence-corrected chi connectivity index (χ4v) is 5.92. The number of anilines is 1. The number of nitrogens with zero attached hydrogens (tertiary/aromatic N) is 3. The van der Waals surface area contributed by atoms with Crippen molar-refractivity contribution < 1.29 is 18.3 Å². The number of nitrogen functional groups attached to an aromatic ring is 1. The molecule has 0 amide bonds. The number of aliphatic imine (C=N–C) groups is 1. The monoisotopic (exact) mass is 619 g/mol. The summed E-state index contributed by atoms with van der Waals surface area (Å²) < 4.78 is 44.7. The van der Waals surface area contributed by atoms with Crippen molar-refractivity contribution in [2.24, 2.45) is 10.4 Å². The Morgan fingerprint density at radius 1 is 1.18 bits per heavy atom. The number of nitrogens with one attached hydrogen (secondary N) is 1. The molecule has 2 aromatic rings. The molecular weight excluding hydrogens is 572 g/mol. The van der Waals surface area contributed by atoms with Gasteiger partial charge in [0.1, 0.15) is 34.9 Å². The number of unbranched alkanes of at least 4 members (excludes halogenated alkanes) is 1. The molecular formula is C36H47F2N5O2. The van der Waals surface area contributed by atoms with Crippen molar-refractivity contribution in [3.05, 3.63) is 74.1 Å². The molecule has 9 heteroatoms. The van der Waals surface area contributed by atoms with Gasteiger partial charge < -0.3 is 25.1 Å². The normalized spacial score (nSPS) is 16.8. The van der Waals surface area contributed by atoms with Gasteiger partial charge in [-0.15, -0.1) is 0 Å². The Morgan fingerprint density at radius 3 is 2.38 bits per heavy atom. The number of allylic oxidation sites excluding steroid dienone is 3. The Bertz CT molecular complexity index is 1620. The zero-order valence-electron chi connectivity index (χ0n) is 28.0. The number of hydrogen-bond donors (Lipinski definition) is 2. The van der Waals surface area contributed by atoms with E-state index < -0.39 is 11.6 Å². The second kappa shape index (κ2) is 14.0. The summed E-state index contributed by atoms with van der Waals surface area (Å²) in [6.07, 6.45) is 8.96. The number of aromatic nitrogens is 1. The van der Waals surface area contributed by atoms with Crippen LogP contribution in [0, 0.1) is 29.5 Å². The molecule has 7 nitrogen and oxygen atoms in total. The average Bonchev–Trinajstić information content (AvgIpc) is 3.53. The highest BCUT2D eigenvalue weighted by molar-refractivity contribution is 6.03. The van der Waals surface area contributed by atoms with Gasteiger partial charge in [-0.2, -0.15) is 10.3 Å². The van der Waals surface area contributed by atoms with Crippen LogP contribution in [0.4, 0.5) is 14.6 Å². The predicted octanol–water partition coefficient (Wildman–Crippen LogP) is 8.66. The highest BCUT2D eigenvalue weighted by Gasteiger charge is 2.42. The summed E-state index contributed by atoms with van der Waals surface area (Å²) in [6.45, 7) is 12.4. The minimum atomic E-state index is -0.578. The van der Waals surface area contributed by atoms with Gasteiger partial charge in [0.05, 0.1) is 25.5 Å². The summed E-state index contributed by atoms with van der Waals surface area (Å²) in [4.78, 5) is 9.73. The van der Waals surface area contributed by atoms with E-state index >= 15 is 8.78 Å². The first-order valence-electron chi connectivity index (χ1n) is 15.9. The lowest BCUT2D eigenvalue weighted by atomic mass is 9.82. The number of nitrogens with two attached hydrogens (primary N) is 1. The van der Waals surface area contributed by atoms with Crippen molar-refractivity contribution in [2.75, 3.05) is 26.4 Å². The average molecular weight is 620 g/mol. The van der Waals surface area contributed by atoms with Crippen LogP contribution in [0.5, 0.6) is 0 Å². The van der Waals surface area contributed by atoms with Gasteiger partial charge in [0, 0.05) is 36.2 Å². The quantitative estimate of drug-likeness (QED) is 0.141. The van der Waals surface area contributed by atoms with Crippen molar-refractivity contribution in [3.63, 3.8) is 0 Å². The van der Waals surface area contributed by atoms with Crippen LogP contribution < -0.4 is 5.73 Å². The number of hydrogen-bond acceptors (Lipinski definition) is 5. The summed E-state index contributed by atoms with van der Waals surface area (Å²) in [5.41, 5.74) is 10.8. The van der Waals surface area contributed by atoms with Crippen LogP contribution in [0.3, 0.4) is 0 Å². The van der Waals surface area contributed by atoms with E-state index in [1.807, 2.05) is 38.9 Å². The maximum atomic E-state index is 17.1. The van der Waals surface area contributed by atoms with Gasteiger partial charge in [0.15, 0.2) is 0 Å². The van der Waals surface area contributed by atoms with Crippen LogP contribution in [-0.4, -0.2) is 36.4 Å². The second-order valence-corrected chi connectivity index (χ2v) is 12.4. The molecule has 1 aliphatic carbocycles. The van der Waals surface area contributed by atoms with E-state index in [9.17, 15) is 5.26 Å². The number of fused-ring (bicyclic) bond motifs is 1. The summed E-state index contributed by atoms with van der Waals surface area (Å²) in [5, 5.41) is 10.1. The van der Waals surface area contributed by atoms with E-state index in [1.54, 1.807) is 13.8 Å². The first-order valence-corrected chi connectivity index (χ1v) is 15.9. The van der Waals surface area contributed by atoms with Crippen LogP contribution >= 0.6 is 0 Å². The SMILES string of the molecule is C/C=C(/F)c1[nH]c(N)c(C#N)c1/C(=C(\C)CC)c1c(F)c(C)c(/C(=N\C(=C\CCC)OCC2(CC)CC2)N(C)C)c2c1COC2. The Labute approximate surface area is 266 Å². The van der Waals surface area contributed by atoms with Gasteiger partial charge in [-0.1, -0.05) is 32.8 Å². The van der Waals surface area contributed by atoms with Gasteiger partial charge in [-0.25, -0.2) is 8.78 Å². The minimum Gasteiger partial charge on any atom is -0.477 e. The highest BCUT2D eigenvalue weighted by atomic mass is 19.1. The van der Waals surface area contributed by atoms with Crippen molar-refractivity contribution in [3.8, 4) is 6.07 Å². The molecule has 1 aromatic heterocycles. The Morgan fingerprint density at radius 2 is 1.84 bits per heavy atom. The minimum absolute atomic E-state index is 0.0343. The van der Waals surface area contributed by atoms with E-state index in [4.69, 9.17) is 20.2 Å². The topological polar surface area (TPSA) is 99.7 Å². The van der Waals surface area contributed by atoms with E-state index in [-0.39, 0.29) is 41.3 Å². The maximum Gasteiger partial charge on any atom is 0.211 e. The van der Waals surface area contributed by atoms with E-state index in [1.165, 1.54) is 6.08 Å². The lowest BCUT2D eigenvalue weighted by Crippen LogP contribution is -2.27. The molecule has 1 aliphatic heterocycles. The van der Waals surface area contributed by atoms with Gasteiger partial charge in [-0.05, 0) is 87.3 Å². The predicted molar refractivity (Wildman–Crippen MR) is 177 cm³/mol. The molecule has 0 unspecified atom stereocenters. The molecule has 1 fully saturated rings. The first-order chi connectivity index (χ1) is 21.5. The van der Waals surface area contributed by atoms with Gasteiger partial charge in [0.2, 0.25) is 5.88 Å². The molecule has 45 heavy (non-hydrogen) atoms. The first kappa shape index (κ1) is 34.0. The lowest BCUT2D eigenvalue weighted by Gasteiger charge is -2.25. The number of benzene rings is 1. The van der Waals surface area contributed by atoms with Gasteiger partial charge >= 0.3 is 0 Å². The maximum absolute atomic E-state index is 17.1. The third-order valence-corrected chi connectivity index (χ3v) is 9.18. The molecule has 0 saturated heterocycles. The molecule has 2 aliphatic rings. The number of rotatable bonds is 12. The molecule has 2 heterocycles. The number of nitriles is 1. The number of aromatic amines is 1. The molecule has 1 aromatic carbocycles. The summed E-state index contributed by atoms with van der Waals surface area (Å²) >= 11 is 0. The number of halogens is 2. The largest absolute Gasteiger partial charge is 0.477 e. The van der Waals surface area contributed by atoms with Crippen LogP contribution in [0.25, 0.3) is 11.4 Å². The number of ether oxygens (including phenoxy) is 2. The fourth-order valence-electron chi connectivity index (χ4n) is 5.92.